The quantitative estimate of drug-likeness (QED) is 0.784. The molecular weight excluding hydrogens is 208 g/mol. The van der Waals surface area contributed by atoms with E-state index < -0.39 is 0 Å². The summed E-state index contributed by atoms with van der Waals surface area (Å²) in [5.41, 5.74) is 0. The number of ether oxygens (including phenoxy) is 2. The van der Waals surface area contributed by atoms with Gasteiger partial charge in [0.1, 0.15) is 6.10 Å². The maximum Gasteiger partial charge on any atom is 0.161 e. The summed E-state index contributed by atoms with van der Waals surface area (Å²) >= 11 is 0. The van der Waals surface area contributed by atoms with Crippen molar-refractivity contribution in [2.45, 2.75) is 56.8 Å². The first-order chi connectivity index (χ1) is 7.77. The SMILES string of the molecule is O=C1CCCO[C@H]1CC[C@@H]1OCCC[C@H]1O. The summed E-state index contributed by atoms with van der Waals surface area (Å²) < 4.78 is 10.9. The van der Waals surface area contributed by atoms with E-state index in [-0.39, 0.29) is 24.1 Å². The minimum Gasteiger partial charge on any atom is -0.390 e. The summed E-state index contributed by atoms with van der Waals surface area (Å²) in [4.78, 5) is 11.5. The van der Waals surface area contributed by atoms with Gasteiger partial charge in [-0.2, -0.15) is 0 Å². The second kappa shape index (κ2) is 5.75. The molecule has 0 saturated carbocycles. The topological polar surface area (TPSA) is 55.8 Å². The second-order valence-corrected chi connectivity index (χ2v) is 4.63. The molecule has 4 heteroatoms. The van der Waals surface area contributed by atoms with Gasteiger partial charge in [0.2, 0.25) is 0 Å². The molecule has 0 bridgehead atoms. The van der Waals surface area contributed by atoms with Crippen LogP contribution in [0.1, 0.15) is 38.5 Å². The van der Waals surface area contributed by atoms with Crippen molar-refractivity contribution in [3.8, 4) is 0 Å². The molecule has 0 aliphatic carbocycles. The Labute approximate surface area is 95.9 Å². The lowest BCUT2D eigenvalue weighted by Crippen LogP contribution is -2.36. The molecule has 2 saturated heterocycles. The zero-order valence-electron chi connectivity index (χ0n) is 9.56. The van der Waals surface area contributed by atoms with E-state index in [4.69, 9.17) is 9.47 Å². The van der Waals surface area contributed by atoms with Crippen molar-refractivity contribution in [2.24, 2.45) is 0 Å². The normalized spacial score (nSPS) is 36.3. The van der Waals surface area contributed by atoms with Crippen LogP contribution in [-0.4, -0.2) is 42.4 Å². The molecule has 1 N–H and O–H groups in total. The predicted molar refractivity (Wildman–Crippen MR) is 58.2 cm³/mol. The van der Waals surface area contributed by atoms with E-state index in [0.717, 1.165) is 32.3 Å². The molecule has 0 radical (unpaired) electrons. The van der Waals surface area contributed by atoms with Gasteiger partial charge in [0.25, 0.3) is 0 Å². The van der Waals surface area contributed by atoms with Crippen molar-refractivity contribution < 1.29 is 19.4 Å². The van der Waals surface area contributed by atoms with Gasteiger partial charge in [-0.25, -0.2) is 0 Å². The number of carbonyl (C=O) groups excluding carboxylic acids is 1. The van der Waals surface area contributed by atoms with Gasteiger partial charge < -0.3 is 14.6 Å². The molecule has 2 aliphatic heterocycles. The lowest BCUT2D eigenvalue weighted by molar-refractivity contribution is -0.137. The Kier molecular flexibility index (Phi) is 4.32. The summed E-state index contributed by atoms with van der Waals surface area (Å²) in [6, 6.07) is 0. The van der Waals surface area contributed by atoms with Crippen LogP contribution in [0.15, 0.2) is 0 Å². The van der Waals surface area contributed by atoms with Gasteiger partial charge in [0.15, 0.2) is 5.78 Å². The molecule has 0 unspecified atom stereocenters. The number of carbonyl (C=O) groups is 1. The van der Waals surface area contributed by atoms with Gasteiger partial charge in [0.05, 0.1) is 12.2 Å². The first kappa shape index (κ1) is 12.0. The highest BCUT2D eigenvalue weighted by atomic mass is 16.5. The number of rotatable bonds is 3. The van der Waals surface area contributed by atoms with E-state index in [1.807, 2.05) is 0 Å². The van der Waals surface area contributed by atoms with Crippen LogP contribution >= 0.6 is 0 Å². The third kappa shape index (κ3) is 3.03. The molecule has 0 aromatic rings. The summed E-state index contributed by atoms with van der Waals surface area (Å²) in [6.07, 6.45) is 3.89. The molecular formula is C12H20O4. The van der Waals surface area contributed by atoms with Gasteiger partial charge >= 0.3 is 0 Å². The van der Waals surface area contributed by atoms with E-state index in [0.29, 0.717) is 19.4 Å². The van der Waals surface area contributed by atoms with Gasteiger partial charge in [-0.3, -0.25) is 4.79 Å². The van der Waals surface area contributed by atoms with Crippen molar-refractivity contribution in [3.63, 3.8) is 0 Å². The zero-order valence-corrected chi connectivity index (χ0v) is 9.56. The minimum absolute atomic E-state index is 0.105. The first-order valence-electron chi connectivity index (χ1n) is 6.21. The monoisotopic (exact) mass is 228 g/mol. The summed E-state index contributed by atoms with van der Waals surface area (Å²) in [5.74, 6) is 0.205. The average molecular weight is 228 g/mol. The molecule has 2 fully saturated rings. The molecule has 92 valence electrons. The van der Waals surface area contributed by atoms with Gasteiger partial charge in [0, 0.05) is 19.6 Å². The van der Waals surface area contributed by atoms with E-state index in [1.165, 1.54) is 0 Å². The minimum atomic E-state index is -0.368. The Morgan fingerprint density at radius 2 is 2.00 bits per heavy atom. The summed E-state index contributed by atoms with van der Waals surface area (Å²) in [7, 11) is 0. The molecule has 3 atom stereocenters. The van der Waals surface area contributed by atoms with Gasteiger partial charge in [-0.15, -0.1) is 0 Å². The third-order valence-electron chi connectivity index (χ3n) is 3.36. The fraction of sp³-hybridized carbons (Fsp3) is 0.917. The van der Waals surface area contributed by atoms with Crippen molar-refractivity contribution in [2.75, 3.05) is 13.2 Å². The smallest absolute Gasteiger partial charge is 0.161 e. The molecule has 2 aliphatic rings. The van der Waals surface area contributed by atoms with E-state index in [1.54, 1.807) is 0 Å². The van der Waals surface area contributed by atoms with Crippen LogP contribution in [0.2, 0.25) is 0 Å². The Morgan fingerprint density at radius 1 is 1.19 bits per heavy atom. The third-order valence-corrected chi connectivity index (χ3v) is 3.36. The van der Waals surface area contributed by atoms with Crippen molar-refractivity contribution in [1.29, 1.82) is 0 Å². The Bertz CT molecular complexity index is 241. The number of Topliss-reactive ketones (excluding diaryl/α,β-unsaturated/α-hetero) is 1. The molecule has 0 aromatic heterocycles. The van der Waals surface area contributed by atoms with E-state index in [2.05, 4.69) is 0 Å². The predicted octanol–water partition coefficient (Wildman–Crippen LogP) is 1.05. The van der Waals surface area contributed by atoms with Gasteiger partial charge in [-0.1, -0.05) is 0 Å². The van der Waals surface area contributed by atoms with Crippen LogP contribution in [0.25, 0.3) is 0 Å². The molecule has 16 heavy (non-hydrogen) atoms. The average Bonchev–Trinajstić information content (AvgIpc) is 2.30. The van der Waals surface area contributed by atoms with E-state index >= 15 is 0 Å². The van der Waals surface area contributed by atoms with Crippen LogP contribution in [0.3, 0.4) is 0 Å². The first-order valence-corrected chi connectivity index (χ1v) is 6.21. The second-order valence-electron chi connectivity index (χ2n) is 4.63. The van der Waals surface area contributed by atoms with Crippen molar-refractivity contribution in [1.82, 2.24) is 0 Å². The highest BCUT2D eigenvalue weighted by Crippen LogP contribution is 2.21. The Morgan fingerprint density at radius 3 is 2.75 bits per heavy atom. The fourth-order valence-corrected chi connectivity index (χ4v) is 2.39. The number of hydrogen-bond acceptors (Lipinski definition) is 4. The zero-order chi connectivity index (χ0) is 11.4. The number of aliphatic hydroxyl groups is 1. The van der Waals surface area contributed by atoms with Crippen molar-refractivity contribution in [3.05, 3.63) is 0 Å². The Hall–Kier alpha value is -0.450. The largest absolute Gasteiger partial charge is 0.390 e. The van der Waals surface area contributed by atoms with Crippen LogP contribution < -0.4 is 0 Å². The number of aliphatic hydroxyl groups excluding tert-OH is 1. The van der Waals surface area contributed by atoms with Crippen LogP contribution in [0.5, 0.6) is 0 Å². The Balaban J connectivity index is 1.75. The maximum absolute atomic E-state index is 11.5. The molecule has 2 heterocycles. The number of hydrogen-bond donors (Lipinski definition) is 1. The highest BCUT2D eigenvalue weighted by Gasteiger charge is 2.28. The molecule has 0 amide bonds. The summed E-state index contributed by atoms with van der Waals surface area (Å²) in [5, 5.41) is 9.71. The van der Waals surface area contributed by atoms with Gasteiger partial charge in [-0.05, 0) is 32.1 Å². The number of ketones is 1. The lowest BCUT2D eigenvalue weighted by atomic mass is 9.96. The van der Waals surface area contributed by atoms with E-state index in [9.17, 15) is 9.90 Å². The standard InChI is InChI=1S/C12H20O4/c13-9-3-1-7-15-11(9)5-6-12-10(14)4-2-8-16-12/h9,11-13H,1-8H2/t9-,11+,12+/m1/s1. The van der Waals surface area contributed by atoms with Crippen LogP contribution in [-0.2, 0) is 14.3 Å². The fourth-order valence-electron chi connectivity index (χ4n) is 2.39. The van der Waals surface area contributed by atoms with Crippen molar-refractivity contribution >= 4 is 5.78 Å². The van der Waals surface area contributed by atoms with Crippen LogP contribution in [0.4, 0.5) is 0 Å². The molecule has 0 spiro atoms. The molecule has 2 rings (SSSR count). The summed E-state index contributed by atoms with van der Waals surface area (Å²) in [6.45, 7) is 1.41. The molecule has 0 aromatic carbocycles. The van der Waals surface area contributed by atoms with Crippen LogP contribution in [0, 0.1) is 0 Å². The lowest BCUT2D eigenvalue weighted by Gasteiger charge is -2.29. The molecule has 4 nitrogen and oxygen atoms in total. The maximum atomic E-state index is 11.5. The highest BCUT2D eigenvalue weighted by molar-refractivity contribution is 5.83.